The first-order valence-corrected chi connectivity index (χ1v) is 4.33. The lowest BCUT2D eigenvalue weighted by Crippen LogP contribution is -2.69. The van der Waals surface area contributed by atoms with E-state index in [9.17, 15) is 20.1 Å². The summed E-state index contributed by atoms with van der Waals surface area (Å²) in [4.78, 5) is 11.1. The predicted molar refractivity (Wildman–Crippen MR) is 46.2 cm³/mol. The van der Waals surface area contributed by atoms with Crippen LogP contribution in [0.4, 0.5) is 0 Å². The molecule has 0 saturated carbocycles. The molecule has 0 bridgehead atoms. The van der Waals surface area contributed by atoms with Crippen molar-refractivity contribution < 1.29 is 24.9 Å². The van der Waals surface area contributed by atoms with Gasteiger partial charge < -0.3 is 25.8 Å². The number of carbonyl (C=O) groups excluding carboxylic acids is 1. The average molecular weight is 205 g/mol. The normalized spacial score (nSPS) is 49.0. The number of ketones is 1. The standard InChI is InChI=1S/C8H15NO5/c1-3-5(11)6(12)7(9)8(13,14-3)4(2)10/h3,5-7,11-13H,9H2,1-2H3/t3-,5-,6+,7-,8?/m1/s1. The van der Waals surface area contributed by atoms with Crippen LogP contribution >= 0.6 is 0 Å². The number of hydrogen-bond acceptors (Lipinski definition) is 6. The van der Waals surface area contributed by atoms with Crippen LogP contribution in [-0.2, 0) is 9.53 Å². The Labute approximate surface area is 81.3 Å². The Hall–Kier alpha value is -0.530. The summed E-state index contributed by atoms with van der Waals surface area (Å²) in [6.45, 7) is 2.55. The number of aliphatic hydroxyl groups excluding tert-OH is 2. The first-order chi connectivity index (χ1) is 6.30. The van der Waals surface area contributed by atoms with E-state index in [0.29, 0.717) is 0 Å². The molecule has 0 aromatic heterocycles. The molecule has 1 unspecified atom stereocenters. The number of aliphatic hydroxyl groups is 3. The van der Waals surface area contributed by atoms with Crippen LogP contribution in [0.3, 0.4) is 0 Å². The Morgan fingerprint density at radius 3 is 2.36 bits per heavy atom. The SMILES string of the molecule is CC(=O)C1(O)O[C@H](C)[C@@H](O)[C@H](O)[C@H]1N. The Morgan fingerprint density at radius 1 is 1.43 bits per heavy atom. The second kappa shape index (κ2) is 3.56. The van der Waals surface area contributed by atoms with E-state index in [0.717, 1.165) is 6.92 Å². The van der Waals surface area contributed by atoms with Crippen molar-refractivity contribution in [2.45, 2.75) is 44.0 Å². The molecule has 1 fully saturated rings. The Kier molecular flexibility index (Phi) is 2.93. The summed E-state index contributed by atoms with van der Waals surface area (Å²) in [6.07, 6.45) is -3.43. The first-order valence-electron chi connectivity index (χ1n) is 4.33. The molecular weight excluding hydrogens is 190 g/mol. The van der Waals surface area contributed by atoms with Crippen molar-refractivity contribution in [1.29, 1.82) is 0 Å². The molecule has 0 aromatic carbocycles. The molecule has 82 valence electrons. The van der Waals surface area contributed by atoms with E-state index >= 15 is 0 Å². The van der Waals surface area contributed by atoms with Crippen LogP contribution in [0.25, 0.3) is 0 Å². The lowest BCUT2D eigenvalue weighted by molar-refractivity contribution is -0.288. The summed E-state index contributed by atoms with van der Waals surface area (Å²) < 4.78 is 4.90. The molecule has 0 radical (unpaired) electrons. The highest BCUT2D eigenvalue weighted by molar-refractivity contribution is 5.84. The van der Waals surface area contributed by atoms with Gasteiger partial charge in [-0.2, -0.15) is 0 Å². The maximum absolute atomic E-state index is 11.1. The number of carbonyl (C=O) groups is 1. The smallest absolute Gasteiger partial charge is 0.244 e. The van der Waals surface area contributed by atoms with E-state index in [1.54, 1.807) is 0 Å². The predicted octanol–water partition coefficient (Wildman–Crippen LogP) is -2.27. The van der Waals surface area contributed by atoms with Gasteiger partial charge in [0, 0.05) is 6.92 Å². The molecule has 5 N–H and O–H groups in total. The fraction of sp³-hybridized carbons (Fsp3) is 0.875. The number of ether oxygens (including phenoxy) is 1. The summed E-state index contributed by atoms with van der Waals surface area (Å²) in [5.41, 5.74) is 5.40. The maximum Gasteiger partial charge on any atom is 0.244 e. The molecule has 6 heteroatoms. The van der Waals surface area contributed by atoms with Crippen LogP contribution in [0, 0.1) is 0 Å². The summed E-state index contributed by atoms with van der Waals surface area (Å²) in [5, 5.41) is 28.5. The molecule has 5 atom stereocenters. The van der Waals surface area contributed by atoms with Crippen LogP contribution in [0.1, 0.15) is 13.8 Å². The van der Waals surface area contributed by atoms with Gasteiger partial charge in [-0.1, -0.05) is 0 Å². The third kappa shape index (κ3) is 1.55. The van der Waals surface area contributed by atoms with Gasteiger partial charge in [0.2, 0.25) is 5.79 Å². The number of nitrogens with two attached hydrogens (primary N) is 1. The van der Waals surface area contributed by atoms with Crippen molar-refractivity contribution in [2.75, 3.05) is 0 Å². The third-order valence-corrected chi connectivity index (χ3v) is 2.52. The zero-order valence-corrected chi connectivity index (χ0v) is 8.04. The highest BCUT2D eigenvalue weighted by atomic mass is 16.6. The van der Waals surface area contributed by atoms with Gasteiger partial charge >= 0.3 is 0 Å². The Morgan fingerprint density at radius 2 is 1.93 bits per heavy atom. The van der Waals surface area contributed by atoms with Crippen LogP contribution in [0.15, 0.2) is 0 Å². The van der Waals surface area contributed by atoms with Gasteiger partial charge in [0.1, 0.15) is 12.2 Å². The van der Waals surface area contributed by atoms with E-state index in [1.165, 1.54) is 6.92 Å². The minimum absolute atomic E-state index is 0.692. The van der Waals surface area contributed by atoms with Gasteiger partial charge in [-0.15, -0.1) is 0 Å². The molecule has 0 spiro atoms. The molecule has 0 aromatic rings. The molecule has 0 aliphatic carbocycles. The zero-order chi connectivity index (χ0) is 11.1. The molecule has 1 saturated heterocycles. The summed E-state index contributed by atoms with van der Waals surface area (Å²) in [5.74, 6) is -2.90. The summed E-state index contributed by atoms with van der Waals surface area (Å²) in [7, 11) is 0. The van der Waals surface area contributed by atoms with Gasteiger partial charge in [-0.3, -0.25) is 4.79 Å². The Balaban J connectivity index is 2.96. The van der Waals surface area contributed by atoms with Gasteiger partial charge in [0.15, 0.2) is 5.78 Å². The van der Waals surface area contributed by atoms with E-state index in [4.69, 9.17) is 10.5 Å². The molecule has 1 heterocycles. The fourth-order valence-electron chi connectivity index (χ4n) is 1.47. The number of Topliss-reactive ketones (excluding diaryl/α,β-unsaturated/α-hetero) is 1. The maximum atomic E-state index is 11.1. The highest BCUT2D eigenvalue weighted by Crippen LogP contribution is 2.27. The van der Waals surface area contributed by atoms with Crippen molar-refractivity contribution >= 4 is 5.78 Å². The first kappa shape index (κ1) is 11.5. The van der Waals surface area contributed by atoms with Gasteiger partial charge in [0.25, 0.3) is 0 Å². The quantitative estimate of drug-likeness (QED) is 0.384. The highest BCUT2D eigenvalue weighted by Gasteiger charge is 2.53. The van der Waals surface area contributed by atoms with E-state index < -0.39 is 35.9 Å². The zero-order valence-electron chi connectivity index (χ0n) is 8.04. The minimum Gasteiger partial charge on any atom is -0.388 e. The van der Waals surface area contributed by atoms with Gasteiger partial charge in [-0.05, 0) is 6.92 Å². The van der Waals surface area contributed by atoms with Crippen molar-refractivity contribution in [1.82, 2.24) is 0 Å². The van der Waals surface area contributed by atoms with Crippen LogP contribution in [-0.4, -0.2) is 51.2 Å². The van der Waals surface area contributed by atoms with E-state index in [-0.39, 0.29) is 0 Å². The Bertz CT molecular complexity index is 246. The van der Waals surface area contributed by atoms with E-state index in [2.05, 4.69) is 0 Å². The minimum atomic E-state index is -2.21. The van der Waals surface area contributed by atoms with Crippen molar-refractivity contribution in [2.24, 2.45) is 5.73 Å². The number of rotatable bonds is 1. The van der Waals surface area contributed by atoms with Crippen molar-refractivity contribution in [3.8, 4) is 0 Å². The molecule has 0 amide bonds. The third-order valence-electron chi connectivity index (χ3n) is 2.52. The average Bonchev–Trinajstić information content (AvgIpc) is 2.11. The monoisotopic (exact) mass is 205 g/mol. The largest absolute Gasteiger partial charge is 0.388 e. The molecule has 6 nitrogen and oxygen atoms in total. The molecule has 14 heavy (non-hydrogen) atoms. The van der Waals surface area contributed by atoms with Crippen LogP contribution in [0.2, 0.25) is 0 Å². The number of hydrogen-bond donors (Lipinski definition) is 4. The van der Waals surface area contributed by atoms with Crippen LogP contribution < -0.4 is 5.73 Å². The van der Waals surface area contributed by atoms with Crippen molar-refractivity contribution in [3.05, 3.63) is 0 Å². The van der Waals surface area contributed by atoms with Gasteiger partial charge in [0.05, 0.1) is 12.1 Å². The van der Waals surface area contributed by atoms with Crippen molar-refractivity contribution in [3.63, 3.8) is 0 Å². The fourth-order valence-corrected chi connectivity index (χ4v) is 1.47. The lowest BCUT2D eigenvalue weighted by atomic mass is 9.89. The summed E-state index contributed by atoms with van der Waals surface area (Å²) in [6, 6.07) is -1.34. The molecule has 1 aliphatic rings. The molecular formula is C8H15NO5. The molecule has 1 rings (SSSR count). The lowest BCUT2D eigenvalue weighted by Gasteiger charge is -2.44. The summed E-state index contributed by atoms with van der Waals surface area (Å²) >= 11 is 0. The van der Waals surface area contributed by atoms with Crippen LogP contribution in [0.5, 0.6) is 0 Å². The second-order valence-electron chi connectivity index (χ2n) is 3.58. The topological polar surface area (TPSA) is 113 Å². The van der Waals surface area contributed by atoms with E-state index in [1.807, 2.05) is 0 Å². The van der Waals surface area contributed by atoms with Gasteiger partial charge in [-0.25, -0.2) is 0 Å². The molecule has 1 aliphatic heterocycles. The second-order valence-corrected chi connectivity index (χ2v) is 3.58.